The Balaban J connectivity index is 1.99. The molecule has 0 unspecified atom stereocenters. The second-order valence-electron chi connectivity index (χ2n) is 9.27. The summed E-state index contributed by atoms with van der Waals surface area (Å²) >= 11 is 3.48. The number of nitrogens with zero attached hydrogens (tertiary/aromatic N) is 4. The van der Waals surface area contributed by atoms with E-state index in [1.165, 1.54) is 0 Å². The Kier molecular flexibility index (Phi) is 8.05. The summed E-state index contributed by atoms with van der Waals surface area (Å²) in [5.74, 6) is 1.58. The van der Waals surface area contributed by atoms with E-state index in [2.05, 4.69) is 65.2 Å². The maximum Gasteiger partial charge on any atom is 0.179 e. The Bertz CT molecular complexity index is 720. The number of ether oxygens (including phenoxy) is 2. The van der Waals surface area contributed by atoms with Crippen molar-refractivity contribution in [3.63, 3.8) is 0 Å². The molecule has 0 aromatic carbocycles. The third kappa shape index (κ3) is 8.02. The first-order chi connectivity index (χ1) is 12.6. The minimum atomic E-state index is -1.09. The van der Waals surface area contributed by atoms with E-state index in [0.29, 0.717) is 13.5 Å². The molecule has 27 heavy (non-hydrogen) atoms. The lowest BCUT2D eigenvalue weighted by Crippen LogP contribution is -2.22. The van der Waals surface area contributed by atoms with Crippen LogP contribution in [0.5, 0.6) is 0 Å². The third-order valence-corrected chi connectivity index (χ3v) is 7.91. The van der Waals surface area contributed by atoms with Crippen molar-refractivity contribution in [3.8, 4) is 11.6 Å². The van der Waals surface area contributed by atoms with Crippen molar-refractivity contribution < 1.29 is 9.47 Å². The van der Waals surface area contributed by atoms with Crippen LogP contribution in [0.4, 0.5) is 0 Å². The summed E-state index contributed by atoms with van der Waals surface area (Å²) in [7, 11) is -2.17. The van der Waals surface area contributed by atoms with Crippen molar-refractivity contribution in [2.24, 2.45) is 0 Å². The van der Waals surface area contributed by atoms with Gasteiger partial charge in [0.25, 0.3) is 0 Å². The van der Waals surface area contributed by atoms with E-state index in [1.54, 1.807) is 6.20 Å². The molecule has 0 aliphatic carbocycles. The van der Waals surface area contributed by atoms with Crippen LogP contribution in [-0.2, 0) is 22.9 Å². The van der Waals surface area contributed by atoms with Gasteiger partial charge < -0.3 is 18.6 Å². The molecule has 2 aromatic heterocycles. The minimum Gasteiger partial charge on any atom is -0.361 e. The Morgan fingerprint density at radius 2 is 1.44 bits per heavy atom. The summed E-state index contributed by atoms with van der Waals surface area (Å²) < 4.78 is 16.5. The highest BCUT2D eigenvalue weighted by atomic mass is 79.9. The highest BCUT2D eigenvalue weighted by Crippen LogP contribution is 2.21. The van der Waals surface area contributed by atoms with Crippen molar-refractivity contribution >= 4 is 32.1 Å². The highest BCUT2D eigenvalue weighted by molar-refractivity contribution is 9.10. The van der Waals surface area contributed by atoms with Gasteiger partial charge in [0.05, 0.1) is 0 Å². The molecule has 0 aliphatic heterocycles. The maximum absolute atomic E-state index is 5.90. The van der Waals surface area contributed by atoms with E-state index in [4.69, 9.17) is 9.47 Å². The number of halogens is 1. The molecule has 0 spiro atoms. The van der Waals surface area contributed by atoms with Gasteiger partial charge in [-0.2, -0.15) is 0 Å². The second kappa shape index (κ2) is 9.64. The molecule has 152 valence electrons. The molecular weight excluding hydrogens is 440 g/mol. The molecule has 2 heterocycles. The number of aromatic nitrogens is 4. The lowest BCUT2D eigenvalue weighted by atomic mass is 10.5. The van der Waals surface area contributed by atoms with E-state index >= 15 is 0 Å². The van der Waals surface area contributed by atoms with Gasteiger partial charge in [-0.15, -0.1) is 0 Å². The fourth-order valence-corrected chi connectivity index (χ4v) is 4.29. The summed E-state index contributed by atoms with van der Waals surface area (Å²) in [4.78, 5) is 9.08. The van der Waals surface area contributed by atoms with E-state index in [9.17, 15) is 0 Å². The predicted molar refractivity (Wildman–Crippen MR) is 119 cm³/mol. The Morgan fingerprint density at radius 3 is 2.00 bits per heavy atom. The Labute approximate surface area is 173 Å². The van der Waals surface area contributed by atoms with Crippen LogP contribution in [0.15, 0.2) is 23.2 Å². The van der Waals surface area contributed by atoms with Crippen molar-refractivity contribution in [1.82, 2.24) is 19.1 Å². The van der Waals surface area contributed by atoms with E-state index in [-0.39, 0.29) is 0 Å². The van der Waals surface area contributed by atoms with Crippen LogP contribution in [0.25, 0.3) is 11.6 Å². The fraction of sp³-hybridized carbons (Fsp3) is 0.667. The van der Waals surface area contributed by atoms with Gasteiger partial charge in [-0.3, -0.25) is 0 Å². The third-order valence-electron chi connectivity index (χ3n) is 4.12. The molecule has 6 nitrogen and oxygen atoms in total. The number of rotatable bonds is 11. The van der Waals surface area contributed by atoms with Gasteiger partial charge in [0, 0.05) is 48.0 Å². The standard InChI is InChI=1S/C18H33BrN4O2Si2/c1-26(2,3)11-9-24-14-22-8-7-20-17(22)18-21-16(19)13-23(18)15-25-10-12-27(4,5)6/h7-8,13H,9-12,14-15H2,1-6H3. The van der Waals surface area contributed by atoms with Gasteiger partial charge in [0.2, 0.25) is 0 Å². The number of hydrogen-bond donors (Lipinski definition) is 0. The summed E-state index contributed by atoms with van der Waals surface area (Å²) in [5.41, 5.74) is 0. The zero-order chi connectivity index (χ0) is 20.1. The van der Waals surface area contributed by atoms with Crippen molar-refractivity contribution in [2.45, 2.75) is 64.8 Å². The first kappa shape index (κ1) is 22.5. The maximum atomic E-state index is 5.90. The van der Waals surface area contributed by atoms with Crippen LogP contribution in [0.1, 0.15) is 0 Å². The largest absolute Gasteiger partial charge is 0.361 e. The molecule has 2 rings (SSSR count). The van der Waals surface area contributed by atoms with Crippen LogP contribution in [0.3, 0.4) is 0 Å². The normalized spacial score (nSPS) is 12.7. The van der Waals surface area contributed by atoms with Gasteiger partial charge in [-0.1, -0.05) is 39.3 Å². The van der Waals surface area contributed by atoms with Crippen LogP contribution < -0.4 is 0 Å². The number of imidazole rings is 2. The second-order valence-corrected chi connectivity index (χ2v) is 21.3. The molecule has 0 amide bonds. The average molecular weight is 474 g/mol. The topological polar surface area (TPSA) is 54.1 Å². The van der Waals surface area contributed by atoms with Gasteiger partial charge in [-0.05, 0) is 28.0 Å². The summed E-state index contributed by atoms with van der Waals surface area (Å²) in [6.07, 6.45) is 5.66. The van der Waals surface area contributed by atoms with Crippen LogP contribution in [0, 0.1) is 0 Å². The van der Waals surface area contributed by atoms with E-state index in [0.717, 1.165) is 41.6 Å². The molecule has 0 radical (unpaired) electrons. The SMILES string of the molecule is C[Si](C)(C)CCOCn1ccnc1-c1nc(Br)cn1COCC[Si](C)(C)C. The number of hydrogen-bond acceptors (Lipinski definition) is 4. The molecule has 2 aromatic rings. The zero-order valence-corrected chi connectivity index (χ0v) is 21.0. The molecular formula is C18H33BrN4O2Si2. The molecule has 0 saturated carbocycles. The smallest absolute Gasteiger partial charge is 0.179 e. The molecule has 0 bridgehead atoms. The van der Waals surface area contributed by atoms with Gasteiger partial charge in [-0.25, -0.2) is 9.97 Å². The van der Waals surface area contributed by atoms with E-state index < -0.39 is 16.1 Å². The summed E-state index contributed by atoms with van der Waals surface area (Å²) in [6.45, 7) is 16.7. The van der Waals surface area contributed by atoms with E-state index in [1.807, 2.05) is 21.5 Å². The minimum absolute atomic E-state index is 0.474. The first-order valence-electron chi connectivity index (χ1n) is 9.45. The predicted octanol–water partition coefficient (Wildman–Crippen LogP) is 5.13. The molecule has 0 aliphatic rings. The Morgan fingerprint density at radius 1 is 0.889 bits per heavy atom. The molecule has 0 atom stereocenters. The lowest BCUT2D eigenvalue weighted by Gasteiger charge is -2.17. The van der Waals surface area contributed by atoms with Crippen LogP contribution >= 0.6 is 15.9 Å². The molecule has 0 saturated heterocycles. The monoisotopic (exact) mass is 472 g/mol. The molecule has 0 fully saturated rings. The molecule has 9 heteroatoms. The molecule has 0 N–H and O–H groups in total. The Hall–Kier alpha value is -0.746. The highest BCUT2D eigenvalue weighted by Gasteiger charge is 2.17. The van der Waals surface area contributed by atoms with Crippen LogP contribution in [0.2, 0.25) is 51.4 Å². The fourth-order valence-electron chi connectivity index (χ4n) is 2.36. The summed E-state index contributed by atoms with van der Waals surface area (Å²) in [5, 5.41) is 0. The van der Waals surface area contributed by atoms with Gasteiger partial charge in [0.1, 0.15) is 18.1 Å². The van der Waals surface area contributed by atoms with Gasteiger partial charge >= 0.3 is 0 Å². The first-order valence-corrected chi connectivity index (χ1v) is 17.7. The summed E-state index contributed by atoms with van der Waals surface area (Å²) in [6, 6.07) is 2.31. The average Bonchev–Trinajstić information content (AvgIpc) is 3.12. The van der Waals surface area contributed by atoms with Crippen molar-refractivity contribution in [3.05, 3.63) is 23.2 Å². The van der Waals surface area contributed by atoms with Crippen molar-refractivity contribution in [2.75, 3.05) is 13.2 Å². The van der Waals surface area contributed by atoms with Crippen molar-refractivity contribution in [1.29, 1.82) is 0 Å². The van der Waals surface area contributed by atoms with Gasteiger partial charge in [0.15, 0.2) is 11.6 Å². The lowest BCUT2D eigenvalue weighted by molar-refractivity contribution is 0.0844. The quantitative estimate of drug-likeness (QED) is 0.335. The zero-order valence-electron chi connectivity index (χ0n) is 17.5. The van der Waals surface area contributed by atoms with Crippen LogP contribution in [-0.4, -0.2) is 48.5 Å².